The molecule has 0 aromatic rings. The van der Waals surface area contributed by atoms with Crippen molar-refractivity contribution >= 4 is 23.4 Å². The fourth-order valence-corrected chi connectivity index (χ4v) is 3.08. The normalized spacial score (nSPS) is 29.9. The van der Waals surface area contributed by atoms with Gasteiger partial charge in [-0.2, -0.15) is 12.6 Å². The molecular weight excluding hydrogens is 202 g/mol. The number of hydrogen-bond acceptors (Lipinski definition) is 3. The van der Waals surface area contributed by atoms with Crippen LogP contribution in [0.2, 0.25) is 0 Å². The average Bonchev–Trinajstić information content (AvgIpc) is 2.19. The Labute approximate surface area is 88.9 Å². The van der Waals surface area contributed by atoms with E-state index < -0.39 is 10.8 Å². The molecule has 1 heterocycles. The standard InChI is InChI=1S/C9H19NOS2/c1-9(2)3-4-10(5-7-12)6-8-13(9)11/h12H,3-8H2,1-2H3. The zero-order valence-corrected chi connectivity index (χ0v) is 10.2. The van der Waals surface area contributed by atoms with Crippen molar-refractivity contribution in [1.82, 2.24) is 4.90 Å². The second-order valence-corrected chi connectivity index (χ2v) is 6.78. The monoisotopic (exact) mass is 221 g/mol. The van der Waals surface area contributed by atoms with Gasteiger partial charge in [0.05, 0.1) is 0 Å². The van der Waals surface area contributed by atoms with Crippen molar-refractivity contribution < 1.29 is 4.21 Å². The third-order valence-electron chi connectivity index (χ3n) is 2.66. The summed E-state index contributed by atoms with van der Waals surface area (Å²) >= 11 is 4.21. The van der Waals surface area contributed by atoms with E-state index in [1.165, 1.54) is 0 Å². The minimum atomic E-state index is -0.659. The molecule has 0 saturated carbocycles. The van der Waals surface area contributed by atoms with Crippen LogP contribution in [0.15, 0.2) is 0 Å². The number of thiol groups is 1. The minimum absolute atomic E-state index is 0.00531. The molecule has 1 unspecified atom stereocenters. The van der Waals surface area contributed by atoms with Crippen LogP contribution in [-0.2, 0) is 10.8 Å². The molecule has 2 nitrogen and oxygen atoms in total. The van der Waals surface area contributed by atoms with Crippen LogP contribution >= 0.6 is 12.6 Å². The largest absolute Gasteiger partial charge is 0.302 e. The molecule has 0 amide bonds. The molecule has 1 aliphatic rings. The van der Waals surface area contributed by atoms with Crippen LogP contribution in [0.5, 0.6) is 0 Å². The highest BCUT2D eigenvalue weighted by Gasteiger charge is 2.29. The quantitative estimate of drug-likeness (QED) is 0.706. The van der Waals surface area contributed by atoms with E-state index in [-0.39, 0.29) is 4.75 Å². The third-order valence-corrected chi connectivity index (χ3v) is 4.85. The van der Waals surface area contributed by atoms with Gasteiger partial charge >= 0.3 is 0 Å². The lowest BCUT2D eigenvalue weighted by atomic mass is 10.1. The fraction of sp³-hybridized carbons (Fsp3) is 1.00. The van der Waals surface area contributed by atoms with Crippen LogP contribution < -0.4 is 0 Å². The van der Waals surface area contributed by atoms with E-state index in [1.807, 2.05) is 0 Å². The van der Waals surface area contributed by atoms with Crippen LogP contribution in [0.25, 0.3) is 0 Å². The molecule has 13 heavy (non-hydrogen) atoms. The summed E-state index contributed by atoms with van der Waals surface area (Å²) in [6.45, 7) is 7.27. The first-order valence-corrected chi connectivity index (χ1v) is 6.73. The summed E-state index contributed by atoms with van der Waals surface area (Å²) in [6.07, 6.45) is 1.04. The van der Waals surface area contributed by atoms with Gasteiger partial charge in [0, 0.05) is 40.1 Å². The molecular formula is C9H19NOS2. The number of nitrogens with zero attached hydrogens (tertiary/aromatic N) is 1. The zero-order chi connectivity index (χ0) is 9.90. The molecule has 0 aliphatic carbocycles. The van der Waals surface area contributed by atoms with Crippen molar-refractivity contribution in [3.63, 3.8) is 0 Å². The summed E-state index contributed by atoms with van der Waals surface area (Å²) in [5.41, 5.74) is 0. The highest BCUT2D eigenvalue weighted by atomic mass is 32.2. The van der Waals surface area contributed by atoms with Crippen LogP contribution in [0, 0.1) is 0 Å². The lowest BCUT2D eigenvalue weighted by Crippen LogP contribution is -2.29. The van der Waals surface area contributed by atoms with Gasteiger partial charge < -0.3 is 4.90 Å². The van der Waals surface area contributed by atoms with Gasteiger partial charge in [-0.15, -0.1) is 0 Å². The SMILES string of the molecule is CC1(C)CCN(CCS)CCS1=O. The van der Waals surface area contributed by atoms with Crippen LogP contribution in [-0.4, -0.2) is 45.0 Å². The van der Waals surface area contributed by atoms with E-state index in [9.17, 15) is 4.21 Å². The van der Waals surface area contributed by atoms with E-state index in [0.717, 1.165) is 37.6 Å². The maximum atomic E-state index is 11.8. The van der Waals surface area contributed by atoms with Crippen LogP contribution in [0.4, 0.5) is 0 Å². The zero-order valence-electron chi connectivity index (χ0n) is 8.45. The summed E-state index contributed by atoms with van der Waals surface area (Å²) in [7, 11) is -0.659. The summed E-state index contributed by atoms with van der Waals surface area (Å²) in [6, 6.07) is 0. The van der Waals surface area contributed by atoms with Crippen molar-refractivity contribution in [2.24, 2.45) is 0 Å². The number of hydrogen-bond donors (Lipinski definition) is 1. The lowest BCUT2D eigenvalue weighted by Gasteiger charge is -2.21. The van der Waals surface area contributed by atoms with Gasteiger partial charge in [0.15, 0.2) is 0 Å². The Morgan fingerprint density at radius 3 is 2.77 bits per heavy atom. The van der Waals surface area contributed by atoms with Gasteiger partial charge in [-0.05, 0) is 26.8 Å². The molecule has 1 aliphatic heterocycles. The smallest absolute Gasteiger partial charge is 0.0415 e. The fourth-order valence-electron chi connectivity index (χ4n) is 1.51. The Bertz CT molecular complexity index is 194. The van der Waals surface area contributed by atoms with Crippen molar-refractivity contribution in [1.29, 1.82) is 0 Å². The molecule has 78 valence electrons. The Hall–Kier alpha value is 0.460. The highest BCUT2D eigenvalue weighted by molar-refractivity contribution is 7.86. The molecule has 1 fully saturated rings. The van der Waals surface area contributed by atoms with Gasteiger partial charge in [-0.3, -0.25) is 4.21 Å². The molecule has 0 aromatic carbocycles. The van der Waals surface area contributed by atoms with Crippen molar-refractivity contribution in [2.45, 2.75) is 25.0 Å². The molecule has 0 aromatic heterocycles. The maximum absolute atomic E-state index is 11.8. The Morgan fingerprint density at radius 1 is 1.46 bits per heavy atom. The molecule has 1 saturated heterocycles. The molecule has 0 radical (unpaired) electrons. The minimum Gasteiger partial charge on any atom is -0.302 e. The second kappa shape index (κ2) is 4.80. The van der Waals surface area contributed by atoms with E-state index in [0.29, 0.717) is 0 Å². The first kappa shape index (κ1) is 11.5. The van der Waals surface area contributed by atoms with Crippen molar-refractivity contribution in [3.05, 3.63) is 0 Å². The van der Waals surface area contributed by atoms with Crippen molar-refractivity contribution in [2.75, 3.05) is 31.1 Å². The molecule has 0 spiro atoms. The Balaban J connectivity index is 2.52. The molecule has 0 N–H and O–H groups in total. The van der Waals surface area contributed by atoms with E-state index in [4.69, 9.17) is 0 Å². The number of rotatable bonds is 2. The maximum Gasteiger partial charge on any atom is 0.0415 e. The summed E-state index contributed by atoms with van der Waals surface area (Å²) in [4.78, 5) is 2.36. The van der Waals surface area contributed by atoms with E-state index >= 15 is 0 Å². The first-order valence-electron chi connectivity index (χ1n) is 4.78. The van der Waals surface area contributed by atoms with Gasteiger partial charge in [0.1, 0.15) is 0 Å². The van der Waals surface area contributed by atoms with Crippen molar-refractivity contribution in [3.8, 4) is 0 Å². The molecule has 1 atom stereocenters. The topological polar surface area (TPSA) is 20.3 Å². The van der Waals surface area contributed by atoms with Gasteiger partial charge in [0.2, 0.25) is 0 Å². The highest BCUT2D eigenvalue weighted by Crippen LogP contribution is 2.21. The predicted octanol–water partition coefficient (Wildman–Crippen LogP) is 1.15. The van der Waals surface area contributed by atoms with Gasteiger partial charge in [-0.25, -0.2) is 0 Å². The molecule has 4 heteroatoms. The summed E-state index contributed by atoms with van der Waals surface area (Å²) in [5, 5.41) is 0. The van der Waals surface area contributed by atoms with Crippen LogP contribution in [0.3, 0.4) is 0 Å². The first-order chi connectivity index (χ1) is 6.06. The third kappa shape index (κ3) is 3.26. The molecule has 1 rings (SSSR count). The Morgan fingerprint density at radius 2 is 2.15 bits per heavy atom. The molecule has 0 bridgehead atoms. The van der Waals surface area contributed by atoms with Gasteiger partial charge in [-0.1, -0.05) is 0 Å². The lowest BCUT2D eigenvalue weighted by molar-refractivity contribution is 0.302. The van der Waals surface area contributed by atoms with Crippen LogP contribution in [0.1, 0.15) is 20.3 Å². The Kier molecular flexibility index (Phi) is 4.26. The van der Waals surface area contributed by atoms with E-state index in [1.54, 1.807) is 0 Å². The second-order valence-electron chi connectivity index (χ2n) is 4.12. The predicted molar refractivity (Wildman–Crippen MR) is 62.0 cm³/mol. The summed E-state index contributed by atoms with van der Waals surface area (Å²) in [5.74, 6) is 1.72. The average molecular weight is 221 g/mol. The van der Waals surface area contributed by atoms with Gasteiger partial charge in [0.25, 0.3) is 0 Å². The summed E-state index contributed by atoms with van der Waals surface area (Å²) < 4.78 is 11.8. The van der Waals surface area contributed by atoms with E-state index in [2.05, 4.69) is 31.4 Å².